The molecular weight excluding hydrogens is 252 g/mol. The molecular formula is C15H22N4O. The molecule has 1 aliphatic heterocycles. The average Bonchev–Trinajstić information content (AvgIpc) is 2.51. The molecule has 0 saturated carbocycles. The lowest BCUT2D eigenvalue weighted by atomic mass is 10.1. The second-order valence-corrected chi connectivity index (χ2v) is 5.04. The molecule has 0 amide bonds. The summed E-state index contributed by atoms with van der Waals surface area (Å²) in [6.45, 7) is 6.80. The molecule has 0 bridgehead atoms. The minimum absolute atomic E-state index is 0.0603. The van der Waals surface area contributed by atoms with Gasteiger partial charge in [0.2, 0.25) is 5.88 Å². The highest BCUT2D eigenvalue weighted by Gasteiger charge is 2.23. The van der Waals surface area contributed by atoms with Crippen molar-refractivity contribution in [2.45, 2.75) is 25.9 Å². The van der Waals surface area contributed by atoms with Gasteiger partial charge in [-0.2, -0.15) is 5.26 Å². The van der Waals surface area contributed by atoms with Crippen LogP contribution >= 0.6 is 0 Å². The summed E-state index contributed by atoms with van der Waals surface area (Å²) in [5.74, 6) is 0.707. The molecule has 1 aromatic rings. The summed E-state index contributed by atoms with van der Waals surface area (Å²) in [6, 6.07) is 6.44. The average molecular weight is 274 g/mol. The Bertz CT molecular complexity index is 463. The van der Waals surface area contributed by atoms with Gasteiger partial charge in [-0.25, -0.2) is 4.98 Å². The van der Waals surface area contributed by atoms with Gasteiger partial charge in [0.1, 0.15) is 0 Å². The maximum Gasteiger partial charge on any atom is 0.217 e. The highest BCUT2D eigenvalue weighted by molar-refractivity contribution is 5.25. The molecule has 1 unspecified atom stereocenters. The normalized spacial score (nSPS) is 18.4. The molecule has 0 N–H and O–H groups in total. The first-order chi connectivity index (χ1) is 9.78. The van der Waals surface area contributed by atoms with Gasteiger partial charge in [-0.05, 0) is 12.5 Å². The number of hydrogen-bond acceptors (Lipinski definition) is 5. The van der Waals surface area contributed by atoms with Crippen molar-refractivity contribution >= 4 is 0 Å². The molecule has 0 spiro atoms. The van der Waals surface area contributed by atoms with E-state index in [1.54, 1.807) is 13.3 Å². The zero-order valence-corrected chi connectivity index (χ0v) is 12.2. The second-order valence-electron chi connectivity index (χ2n) is 5.04. The van der Waals surface area contributed by atoms with Crippen LogP contribution in [-0.4, -0.2) is 54.1 Å². The summed E-state index contributed by atoms with van der Waals surface area (Å²) in [5.41, 5.74) is 1.12. The summed E-state index contributed by atoms with van der Waals surface area (Å²) in [5, 5.41) is 9.12. The Morgan fingerprint density at radius 1 is 1.40 bits per heavy atom. The largest absolute Gasteiger partial charge is 0.481 e. The van der Waals surface area contributed by atoms with Crippen molar-refractivity contribution in [3.05, 3.63) is 23.9 Å². The molecule has 2 heterocycles. The number of hydrogen-bond donors (Lipinski definition) is 0. The molecule has 1 aromatic heterocycles. The maximum atomic E-state index is 9.12. The number of piperazine rings is 1. The maximum absolute atomic E-state index is 9.12. The van der Waals surface area contributed by atoms with Crippen molar-refractivity contribution in [1.82, 2.24) is 14.8 Å². The Morgan fingerprint density at radius 3 is 2.75 bits per heavy atom. The predicted octanol–water partition coefficient (Wildman–Crippen LogP) is 1.51. The first kappa shape index (κ1) is 14.8. The minimum Gasteiger partial charge on any atom is -0.481 e. The van der Waals surface area contributed by atoms with E-state index in [-0.39, 0.29) is 6.04 Å². The van der Waals surface area contributed by atoms with Crippen LogP contribution in [-0.2, 0) is 6.54 Å². The van der Waals surface area contributed by atoms with E-state index in [1.165, 1.54) is 0 Å². The lowest BCUT2D eigenvalue weighted by molar-refractivity contribution is 0.107. The third-order valence-corrected chi connectivity index (χ3v) is 3.82. The van der Waals surface area contributed by atoms with Crippen LogP contribution in [0.4, 0.5) is 0 Å². The molecule has 1 atom stereocenters. The summed E-state index contributed by atoms with van der Waals surface area (Å²) in [7, 11) is 1.66. The van der Waals surface area contributed by atoms with Crippen molar-refractivity contribution in [2.75, 3.05) is 33.3 Å². The molecule has 0 aromatic carbocycles. The molecule has 1 saturated heterocycles. The third-order valence-electron chi connectivity index (χ3n) is 3.82. The van der Waals surface area contributed by atoms with E-state index in [0.29, 0.717) is 5.88 Å². The number of ether oxygens (including phenoxy) is 1. The van der Waals surface area contributed by atoms with Crippen LogP contribution in [0.25, 0.3) is 0 Å². The molecule has 0 radical (unpaired) electrons. The summed E-state index contributed by atoms with van der Waals surface area (Å²) in [4.78, 5) is 8.89. The molecule has 1 fully saturated rings. The van der Waals surface area contributed by atoms with Crippen molar-refractivity contribution in [1.29, 1.82) is 5.26 Å². The van der Waals surface area contributed by atoms with Crippen molar-refractivity contribution < 1.29 is 4.74 Å². The van der Waals surface area contributed by atoms with Crippen LogP contribution in [0.1, 0.15) is 18.9 Å². The minimum atomic E-state index is 0.0603. The zero-order valence-electron chi connectivity index (χ0n) is 12.2. The number of aromatic nitrogens is 1. The Morgan fingerprint density at radius 2 is 2.15 bits per heavy atom. The lowest BCUT2D eigenvalue weighted by Gasteiger charge is -2.36. The van der Waals surface area contributed by atoms with E-state index in [4.69, 9.17) is 10.00 Å². The van der Waals surface area contributed by atoms with Crippen LogP contribution in [0, 0.1) is 11.3 Å². The van der Waals surface area contributed by atoms with Gasteiger partial charge in [-0.3, -0.25) is 9.80 Å². The third kappa shape index (κ3) is 3.47. The number of nitriles is 1. The van der Waals surface area contributed by atoms with E-state index in [1.807, 2.05) is 6.07 Å². The van der Waals surface area contributed by atoms with Gasteiger partial charge in [0.15, 0.2) is 0 Å². The topological polar surface area (TPSA) is 52.4 Å². The molecule has 5 heteroatoms. The Balaban J connectivity index is 1.90. The highest BCUT2D eigenvalue weighted by Crippen LogP contribution is 2.17. The number of methoxy groups -OCH3 is 1. The van der Waals surface area contributed by atoms with Crippen LogP contribution in [0.3, 0.4) is 0 Å². The second kappa shape index (κ2) is 7.22. The van der Waals surface area contributed by atoms with Crippen molar-refractivity contribution in [3.8, 4) is 11.9 Å². The first-order valence-corrected chi connectivity index (χ1v) is 7.12. The SMILES string of the molecule is CCC(C#N)N1CCN(Cc2cccnc2OC)CC1. The van der Waals surface area contributed by atoms with Crippen LogP contribution in [0.5, 0.6) is 5.88 Å². The first-order valence-electron chi connectivity index (χ1n) is 7.12. The van der Waals surface area contributed by atoms with Gasteiger partial charge in [0.05, 0.1) is 19.2 Å². The summed E-state index contributed by atoms with van der Waals surface area (Å²) >= 11 is 0. The van der Waals surface area contributed by atoms with Crippen LogP contribution in [0.2, 0.25) is 0 Å². The van der Waals surface area contributed by atoms with E-state index in [2.05, 4.69) is 33.8 Å². The van der Waals surface area contributed by atoms with Gasteiger partial charge in [-0.15, -0.1) is 0 Å². The smallest absolute Gasteiger partial charge is 0.217 e. The molecule has 5 nitrogen and oxygen atoms in total. The Hall–Kier alpha value is -1.64. The number of pyridine rings is 1. The van der Waals surface area contributed by atoms with Crippen LogP contribution < -0.4 is 4.74 Å². The van der Waals surface area contributed by atoms with E-state index in [0.717, 1.165) is 44.7 Å². The molecule has 20 heavy (non-hydrogen) atoms. The van der Waals surface area contributed by atoms with Crippen LogP contribution in [0.15, 0.2) is 18.3 Å². The Labute approximate surface area is 120 Å². The summed E-state index contributed by atoms with van der Waals surface area (Å²) < 4.78 is 5.29. The van der Waals surface area contributed by atoms with E-state index in [9.17, 15) is 0 Å². The number of nitrogens with zero attached hydrogens (tertiary/aromatic N) is 4. The van der Waals surface area contributed by atoms with Gasteiger partial charge in [0.25, 0.3) is 0 Å². The standard InChI is InChI=1S/C15H22N4O/c1-3-14(11-16)19-9-7-18(8-10-19)12-13-5-4-6-17-15(13)20-2/h4-6,14H,3,7-10,12H2,1-2H3. The quantitative estimate of drug-likeness (QED) is 0.814. The fourth-order valence-electron chi connectivity index (χ4n) is 2.63. The van der Waals surface area contributed by atoms with E-state index < -0.39 is 0 Å². The fourth-order valence-corrected chi connectivity index (χ4v) is 2.63. The van der Waals surface area contributed by atoms with Gasteiger partial charge >= 0.3 is 0 Å². The molecule has 2 rings (SSSR count). The highest BCUT2D eigenvalue weighted by atomic mass is 16.5. The monoisotopic (exact) mass is 274 g/mol. The Kier molecular flexibility index (Phi) is 5.33. The lowest BCUT2D eigenvalue weighted by Crippen LogP contribution is -2.49. The number of rotatable bonds is 5. The van der Waals surface area contributed by atoms with E-state index >= 15 is 0 Å². The van der Waals surface area contributed by atoms with Gasteiger partial charge in [0, 0.05) is 44.5 Å². The molecule has 0 aliphatic carbocycles. The zero-order chi connectivity index (χ0) is 14.4. The summed E-state index contributed by atoms with van der Waals surface area (Å²) in [6.07, 6.45) is 2.64. The van der Waals surface area contributed by atoms with Gasteiger partial charge < -0.3 is 4.74 Å². The fraction of sp³-hybridized carbons (Fsp3) is 0.600. The van der Waals surface area contributed by atoms with Crippen molar-refractivity contribution in [2.24, 2.45) is 0 Å². The molecule has 1 aliphatic rings. The molecule has 108 valence electrons. The predicted molar refractivity (Wildman–Crippen MR) is 77.3 cm³/mol. The van der Waals surface area contributed by atoms with Crippen molar-refractivity contribution in [3.63, 3.8) is 0 Å². The van der Waals surface area contributed by atoms with Gasteiger partial charge in [-0.1, -0.05) is 13.0 Å².